The second-order valence-corrected chi connectivity index (χ2v) is 8.93. The summed E-state index contributed by atoms with van der Waals surface area (Å²) in [5.74, 6) is 0. The maximum Gasteiger partial charge on any atom is 0.265 e. The van der Waals surface area contributed by atoms with E-state index in [0.29, 0.717) is 0 Å². The summed E-state index contributed by atoms with van der Waals surface area (Å²) in [5, 5.41) is 2.64. The van der Waals surface area contributed by atoms with Crippen molar-refractivity contribution in [1.29, 1.82) is 0 Å². The van der Waals surface area contributed by atoms with E-state index in [1.54, 1.807) is 0 Å². The molecule has 5 heteroatoms. The first kappa shape index (κ1) is 19.3. The topological polar surface area (TPSA) is 10.4 Å². The van der Waals surface area contributed by atoms with Gasteiger partial charge in [0.05, 0.1) is 16.8 Å². The van der Waals surface area contributed by atoms with Gasteiger partial charge in [-0.15, -0.1) is 0 Å². The molecule has 0 radical (unpaired) electrons. The quantitative estimate of drug-likeness (QED) is 0.463. The molecule has 0 atom stereocenters. The number of hydrogen-bond acceptors (Lipinski definition) is 4. The Morgan fingerprint density at radius 1 is 1.04 bits per heavy atom. The first-order valence-electron chi connectivity index (χ1n) is 10.2. The lowest BCUT2D eigenvalue weighted by atomic mass is 10.2. The highest BCUT2D eigenvalue weighted by atomic mass is 32.2. The fourth-order valence-electron chi connectivity index (χ4n) is 3.91. The molecule has 28 heavy (non-hydrogen) atoms. The highest BCUT2D eigenvalue weighted by molar-refractivity contribution is 8.03. The number of rotatable bonds is 6. The van der Waals surface area contributed by atoms with Crippen LogP contribution in [0, 0.1) is 0 Å². The molecule has 0 spiro atoms. The van der Waals surface area contributed by atoms with E-state index in [4.69, 9.17) is 0 Å². The third-order valence-corrected chi connectivity index (χ3v) is 7.57. The number of fused-ring (bicyclic) bond motifs is 2. The van der Waals surface area contributed by atoms with E-state index >= 15 is 0 Å². The van der Waals surface area contributed by atoms with Crippen molar-refractivity contribution in [2.75, 3.05) is 29.4 Å². The van der Waals surface area contributed by atoms with Gasteiger partial charge in [0, 0.05) is 36.3 Å². The zero-order valence-electron chi connectivity index (χ0n) is 17.1. The molecular formula is C23H28N3S2+. The molecular weight excluding hydrogens is 382 g/mol. The fraction of sp³-hybridized carbons (Fsp3) is 0.348. The average Bonchev–Trinajstić information content (AvgIpc) is 3.25. The molecule has 0 saturated carbocycles. The minimum Gasteiger partial charge on any atom is -0.372 e. The monoisotopic (exact) mass is 410 g/mol. The predicted molar refractivity (Wildman–Crippen MR) is 125 cm³/mol. The lowest BCUT2D eigenvalue weighted by Gasteiger charge is -2.20. The molecule has 0 aliphatic carbocycles. The summed E-state index contributed by atoms with van der Waals surface area (Å²) in [6.07, 6.45) is 2.37. The Balaban J connectivity index is 1.77. The summed E-state index contributed by atoms with van der Waals surface area (Å²) >= 11 is 3.78. The standard InChI is InChI=1S/C23H28N3S2/c1-5-24(6-2)17-13-14-19-21(15-17)28-23(26(19)8-4)16-22-25(7-3)18-11-9-10-12-20(18)27-22/h9-16H,5-8H2,1-4H3/q+1. The van der Waals surface area contributed by atoms with E-state index in [2.05, 4.69) is 90.6 Å². The van der Waals surface area contributed by atoms with E-state index in [0.717, 1.165) is 26.2 Å². The molecule has 3 aromatic rings. The predicted octanol–water partition coefficient (Wildman–Crippen LogP) is 5.99. The lowest BCUT2D eigenvalue weighted by Crippen LogP contribution is -2.33. The Kier molecular flexibility index (Phi) is 5.65. The Hall–Kier alpha value is -1.98. The van der Waals surface area contributed by atoms with Crippen LogP contribution in [-0.2, 0) is 6.54 Å². The molecule has 0 saturated heterocycles. The largest absolute Gasteiger partial charge is 0.372 e. The van der Waals surface area contributed by atoms with Crippen molar-refractivity contribution in [3.63, 3.8) is 0 Å². The molecule has 1 aliphatic heterocycles. The van der Waals surface area contributed by atoms with Crippen LogP contribution in [0.3, 0.4) is 0 Å². The molecule has 3 nitrogen and oxygen atoms in total. The number of benzene rings is 2. The molecule has 0 amide bonds. The van der Waals surface area contributed by atoms with Crippen molar-refractivity contribution < 1.29 is 4.57 Å². The van der Waals surface area contributed by atoms with Crippen molar-refractivity contribution in [1.82, 2.24) is 0 Å². The molecule has 146 valence electrons. The third-order valence-electron chi connectivity index (χ3n) is 5.36. The van der Waals surface area contributed by atoms with Crippen LogP contribution in [0.25, 0.3) is 16.3 Å². The van der Waals surface area contributed by atoms with Gasteiger partial charge in [0.15, 0.2) is 0 Å². The second kappa shape index (κ2) is 8.18. The minimum absolute atomic E-state index is 0.980. The number of aryl methyl sites for hydroxylation is 1. The molecule has 0 N–H and O–H groups in total. The SMILES string of the molecule is CCN(CC)c1ccc2c(c1)sc(/C=C1\Sc3ccccc3N1CC)[n+]2CC. The summed E-state index contributed by atoms with van der Waals surface area (Å²) < 4.78 is 3.80. The van der Waals surface area contributed by atoms with Gasteiger partial charge in [-0.25, -0.2) is 0 Å². The van der Waals surface area contributed by atoms with Gasteiger partial charge in [-0.1, -0.05) is 35.2 Å². The third kappa shape index (κ3) is 3.31. The molecule has 2 aromatic carbocycles. The Bertz CT molecular complexity index is 1020. The average molecular weight is 411 g/mol. The number of thioether (sulfide) groups is 1. The van der Waals surface area contributed by atoms with Crippen LogP contribution in [0.4, 0.5) is 11.4 Å². The first-order valence-corrected chi connectivity index (χ1v) is 11.8. The number of thiazole rings is 1. The summed E-state index contributed by atoms with van der Waals surface area (Å²) in [4.78, 5) is 6.19. The number of para-hydroxylation sites is 1. The van der Waals surface area contributed by atoms with Gasteiger partial charge in [0.2, 0.25) is 5.52 Å². The van der Waals surface area contributed by atoms with Crippen LogP contribution in [0.15, 0.2) is 52.4 Å². The lowest BCUT2D eigenvalue weighted by molar-refractivity contribution is -0.665. The Morgan fingerprint density at radius 2 is 1.82 bits per heavy atom. The second-order valence-electron chi connectivity index (χ2n) is 6.81. The molecule has 0 unspecified atom stereocenters. The van der Waals surface area contributed by atoms with Gasteiger partial charge >= 0.3 is 0 Å². The maximum absolute atomic E-state index is 2.44. The highest BCUT2D eigenvalue weighted by Gasteiger charge is 2.26. The fourth-order valence-corrected chi connectivity index (χ4v) is 6.34. The van der Waals surface area contributed by atoms with Crippen LogP contribution in [0.5, 0.6) is 0 Å². The van der Waals surface area contributed by atoms with Gasteiger partial charge < -0.3 is 9.80 Å². The normalized spacial score (nSPS) is 14.9. The van der Waals surface area contributed by atoms with Crippen molar-refractivity contribution in [2.45, 2.75) is 39.1 Å². The van der Waals surface area contributed by atoms with Crippen LogP contribution in [-0.4, -0.2) is 19.6 Å². The molecule has 0 fully saturated rings. The summed E-state index contributed by atoms with van der Waals surface area (Å²) in [5.41, 5.74) is 3.98. The molecule has 1 aromatic heterocycles. The first-order chi connectivity index (χ1) is 13.7. The summed E-state index contributed by atoms with van der Waals surface area (Å²) in [6.45, 7) is 13.0. The summed E-state index contributed by atoms with van der Waals surface area (Å²) in [7, 11) is 0. The Labute approximate surface area is 176 Å². The highest BCUT2D eigenvalue weighted by Crippen LogP contribution is 2.46. The van der Waals surface area contributed by atoms with Gasteiger partial charge in [-0.3, -0.25) is 0 Å². The zero-order valence-corrected chi connectivity index (χ0v) is 18.7. The molecule has 0 bridgehead atoms. The molecule has 1 aliphatic rings. The van der Waals surface area contributed by atoms with Gasteiger partial charge in [-0.2, -0.15) is 4.57 Å². The number of nitrogens with zero attached hydrogens (tertiary/aromatic N) is 3. The minimum atomic E-state index is 0.980. The van der Waals surface area contributed by atoms with Crippen molar-refractivity contribution in [3.8, 4) is 0 Å². The smallest absolute Gasteiger partial charge is 0.265 e. The van der Waals surface area contributed by atoms with E-state index in [9.17, 15) is 0 Å². The van der Waals surface area contributed by atoms with Gasteiger partial charge in [-0.05, 0) is 52.0 Å². The zero-order chi connectivity index (χ0) is 19.7. The Morgan fingerprint density at radius 3 is 2.54 bits per heavy atom. The van der Waals surface area contributed by atoms with E-state index in [1.807, 2.05) is 23.1 Å². The van der Waals surface area contributed by atoms with E-state index in [1.165, 1.54) is 36.5 Å². The van der Waals surface area contributed by atoms with Crippen LogP contribution in [0.1, 0.15) is 32.7 Å². The maximum atomic E-state index is 2.44. The van der Waals surface area contributed by atoms with Crippen LogP contribution < -0.4 is 14.4 Å². The van der Waals surface area contributed by atoms with E-state index < -0.39 is 0 Å². The molecule has 2 heterocycles. The molecule has 4 rings (SSSR count). The van der Waals surface area contributed by atoms with Crippen LogP contribution in [0.2, 0.25) is 0 Å². The van der Waals surface area contributed by atoms with E-state index in [-0.39, 0.29) is 0 Å². The number of anilines is 2. The van der Waals surface area contributed by atoms with Crippen molar-refractivity contribution in [3.05, 3.63) is 52.5 Å². The summed E-state index contributed by atoms with van der Waals surface area (Å²) in [6, 6.07) is 15.6. The van der Waals surface area contributed by atoms with Gasteiger partial charge in [0.25, 0.3) is 5.01 Å². The number of hydrogen-bond donors (Lipinski definition) is 0. The van der Waals surface area contributed by atoms with Crippen molar-refractivity contribution >= 4 is 50.8 Å². The van der Waals surface area contributed by atoms with Gasteiger partial charge in [0.1, 0.15) is 11.2 Å². The van der Waals surface area contributed by atoms with Crippen LogP contribution >= 0.6 is 23.1 Å². The number of aromatic nitrogens is 1. The van der Waals surface area contributed by atoms with Crippen molar-refractivity contribution in [2.24, 2.45) is 0 Å².